The summed E-state index contributed by atoms with van der Waals surface area (Å²) in [6.07, 6.45) is 1.64. The lowest BCUT2D eigenvalue weighted by Gasteiger charge is -2.21. The fourth-order valence-corrected chi connectivity index (χ4v) is 3.07. The normalized spacial score (nSPS) is 11.9. The molecule has 142 valence electrons. The predicted molar refractivity (Wildman–Crippen MR) is 107 cm³/mol. The van der Waals surface area contributed by atoms with E-state index < -0.39 is 0 Å². The van der Waals surface area contributed by atoms with Crippen LogP contribution < -0.4 is 14.8 Å². The molecule has 28 heavy (non-hydrogen) atoms. The molecule has 1 aliphatic heterocycles. The number of carbonyl (C=O) groups is 1. The van der Waals surface area contributed by atoms with E-state index in [4.69, 9.17) is 9.47 Å². The second-order valence-corrected chi connectivity index (χ2v) is 6.43. The summed E-state index contributed by atoms with van der Waals surface area (Å²) in [6, 6.07) is 19.1. The van der Waals surface area contributed by atoms with Crippen molar-refractivity contribution < 1.29 is 14.3 Å². The third-order valence-corrected chi connectivity index (χ3v) is 4.54. The van der Waals surface area contributed by atoms with E-state index in [1.54, 1.807) is 18.3 Å². The van der Waals surface area contributed by atoms with Crippen LogP contribution in [0.4, 0.5) is 11.5 Å². The number of nitrogens with one attached hydrogen (secondary N) is 1. The first kappa shape index (κ1) is 17.9. The van der Waals surface area contributed by atoms with Crippen LogP contribution in [0.5, 0.6) is 11.5 Å². The smallest absolute Gasteiger partial charge is 0.254 e. The summed E-state index contributed by atoms with van der Waals surface area (Å²) in [4.78, 5) is 19.1. The number of hydrogen-bond donors (Lipinski definition) is 1. The third-order valence-electron chi connectivity index (χ3n) is 4.54. The van der Waals surface area contributed by atoms with E-state index in [-0.39, 0.29) is 12.7 Å². The minimum atomic E-state index is -0.0255. The first-order valence-electron chi connectivity index (χ1n) is 9.19. The number of fused-ring (bicyclic) bond motifs is 1. The SMILES string of the molecule is CCN(Cc1ccccc1)C(=O)c1ccnc(Nc2ccc3c(c2)OCO3)c1. The minimum Gasteiger partial charge on any atom is -0.454 e. The number of anilines is 2. The van der Waals surface area contributed by atoms with Crippen molar-refractivity contribution in [3.05, 3.63) is 78.0 Å². The largest absolute Gasteiger partial charge is 0.454 e. The van der Waals surface area contributed by atoms with Crippen LogP contribution in [-0.4, -0.2) is 29.1 Å². The summed E-state index contributed by atoms with van der Waals surface area (Å²) in [6.45, 7) is 3.41. The quantitative estimate of drug-likeness (QED) is 0.699. The zero-order valence-corrected chi connectivity index (χ0v) is 15.6. The van der Waals surface area contributed by atoms with Gasteiger partial charge in [0, 0.05) is 36.6 Å². The van der Waals surface area contributed by atoms with Crippen LogP contribution in [0.1, 0.15) is 22.8 Å². The topological polar surface area (TPSA) is 63.7 Å². The number of ether oxygens (including phenoxy) is 2. The van der Waals surface area contributed by atoms with Gasteiger partial charge in [-0.1, -0.05) is 30.3 Å². The summed E-state index contributed by atoms with van der Waals surface area (Å²) in [5, 5.41) is 3.22. The van der Waals surface area contributed by atoms with Gasteiger partial charge >= 0.3 is 0 Å². The molecule has 0 spiro atoms. The van der Waals surface area contributed by atoms with Gasteiger partial charge in [-0.15, -0.1) is 0 Å². The summed E-state index contributed by atoms with van der Waals surface area (Å²) in [7, 11) is 0. The maximum Gasteiger partial charge on any atom is 0.254 e. The Morgan fingerprint density at radius 3 is 2.71 bits per heavy atom. The number of amides is 1. The monoisotopic (exact) mass is 375 g/mol. The zero-order valence-electron chi connectivity index (χ0n) is 15.6. The van der Waals surface area contributed by atoms with Crippen LogP contribution in [0.25, 0.3) is 0 Å². The van der Waals surface area contributed by atoms with Crippen molar-refractivity contribution in [2.75, 3.05) is 18.7 Å². The van der Waals surface area contributed by atoms with Crippen LogP contribution in [0.15, 0.2) is 66.9 Å². The second-order valence-electron chi connectivity index (χ2n) is 6.43. The van der Waals surface area contributed by atoms with E-state index in [0.717, 1.165) is 17.0 Å². The van der Waals surface area contributed by atoms with E-state index >= 15 is 0 Å². The highest BCUT2D eigenvalue weighted by Gasteiger charge is 2.16. The molecule has 3 aromatic rings. The molecule has 0 unspecified atom stereocenters. The van der Waals surface area contributed by atoms with Gasteiger partial charge in [0.15, 0.2) is 11.5 Å². The first-order chi connectivity index (χ1) is 13.7. The summed E-state index contributed by atoms with van der Waals surface area (Å²) in [5.41, 5.74) is 2.51. The molecule has 0 fully saturated rings. The van der Waals surface area contributed by atoms with Gasteiger partial charge < -0.3 is 19.7 Å². The molecule has 0 radical (unpaired) electrons. The Kier molecular flexibility index (Phi) is 5.10. The molecule has 0 aliphatic carbocycles. The predicted octanol–water partition coefficient (Wildman–Crippen LogP) is 4.22. The molecule has 1 aromatic heterocycles. The Bertz CT molecular complexity index is 976. The molecule has 1 N–H and O–H groups in total. The maximum absolute atomic E-state index is 13.0. The van der Waals surface area contributed by atoms with E-state index in [2.05, 4.69) is 10.3 Å². The van der Waals surface area contributed by atoms with Crippen molar-refractivity contribution in [2.45, 2.75) is 13.5 Å². The fraction of sp³-hybridized carbons (Fsp3) is 0.182. The Balaban J connectivity index is 1.50. The number of rotatable bonds is 6. The Morgan fingerprint density at radius 1 is 1.07 bits per heavy atom. The van der Waals surface area contributed by atoms with Crippen molar-refractivity contribution in [1.82, 2.24) is 9.88 Å². The average molecular weight is 375 g/mol. The Hall–Kier alpha value is -3.54. The Labute approximate surface area is 163 Å². The second kappa shape index (κ2) is 8.00. The van der Waals surface area contributed by atoms with Crippen molar-refractivity contribution in [2.24, 2.45) is 0 Å². The van der Waals surface area contributed by atoms with E-state index in [1.807, 2.05) is 60.4 Å². The average Bonchev–Trinajstić information content (AvgIpc) is 3.20. The number of nitrogens with zero attached hydrogens (tertiary/aromatic N) is 2. The highest BCUT2D eigenvalue weighted by molar-refractivity contribution is 5.95. The summed E-state index contributed by atoms with van der Waals surface area (Å²) >= 11 is 0. The summed E-state index contributed by atoms with van der Waals surface area (Å²) < 4.78 is 10.7. The molecular weight excluding hydrogens is 354 g/mol. The van der Waals surface area contributed by atoms with Crippen molar-refractivity contribution in [1.29, 1.82) is 0 Å². The molecular formula is C22H21N3O3. The number of hydrogen-bond acceptors (Lipinski definition) is 5. The zero-order chi connectivity index (χ0) is 19.3. The lowest BCUT2D eigenvalue weighted by atomic mass is 10.1. The van der Waals surface area contributed by atoms with Crippen LogP contribution in [-0.2, 0) is 6.54 Å². The van der Waals surface area contributed by atoms with Gasteiger partial charge in [-0.2, -0.15) is 0 Å². The van der Waals surface area contributed by atoms with E-state index in [1.165, 1.54) is 0 Å². The van der Waals surface area contributed by atoms with Crippen LogP contribution in [0.2, 0.25) is 0 Å². The number of carbonyl (C=O) groups excluding carboxylic acids is 1. The van der Waals surface area contributed by atoms with Gasteiger partial charge in [0.25, 0.3) is 5.91 Å². The van der Waals surface area contributed by atoms with Crippen molar-refractivity contribution in [3.8, 4) is 11.5 Å². The lowest BCUT2D eigenvalue weighted by Crippen LogP contribution is -2.30. The number of benzene rings is 2. The van der Waals surface area contributed by atoms with Gasteiger partial charge in [-0.25, -0.2) is 4.98 Å². The molecule has 2 aromatic carbocycles. The number of aromatic nitrogens is 1. The minimum absolute atomic E-state index is 0.0255. The highest BCUT2D eigenvalue weighted by Crippen LogP contribution is 2.34. The van der Waals surface area contributed by atoms with Crippen LogP contribution >= 0.6 is 0 Å². The lowest BCUT2D eigenvalue weighted by molar-refractivity contribution is 0.0752. The number of pyridine rings is 1. The standard InChI is InChI=1S/C22H21N3O3/c1-2-25(14-16-6-4-3-5-7-16)22(26)17-10-11-23-21(12-17)24-18-8-9-19-20(13-18)28-15-27-19/h3-13H,2,14-15H2,1H3,(H,23,24). The van der Waals surface area contributed by atoms with Gasteiger partial charge in [-0.3, -0.25) is 4.79 Å². The van der Waals surface area contributed by atoms with Gasteiger partial charge in [-0.05, 0) is 36.8 Å². The van der Waals surface area contributed by atoms with Gasteiger partial charge in [0.2, 0.25) is 6.79 Å². The highest BCUT2D eigenvalue weighted by atomic mass is 16.7. The molecule has 0 atom stereocenters. The maximum atomic E-state index is 13.0. The first-order valence-corrected chi connectivity index (χ1v) is 9.19. The molecule has 6 nitrogen and oxygen atoms in total. The van der Waals surface area contributed by atoms with E-state index in [0.29, 0.717) is 30.2 Å². The van der Waals surface area contributed by atoms with Crippen molar-refractivity contribution >= 4 is 17.4 Å². The van der Waals surface area contributed by atoms with Gasteiger partial charge in [0.05, 0.1) is 0 Å². The van der Waals surface area contributed by atoms with Crippen molar-refractivity contribution in [3.63, 3.8) is 0 Å². The molecule has 0 saturated carbocycles. The molecule has 1 aliphatic rings. The Morgan fingerprint density at radius 2 is 1.89 bits per heavy atom. The van der Waals surface area contributed by atoms with Crippen LogP contribution in [0.3, 0.4) is 0 Å². The van der Waals surface area contributed by atoms with E-state index in [9.17, 15) is 4.79 Å². The molecule has 0 saturated heterocycles. The molecule has 0 bridgehead atoms. The summed E-state index contributed by atoms with van der Waals surface area (Å²) in [5.74, 6) is 1.99. The molecule has 1 amide bonds. The van der Waals surface area contributed by atoms with Gasteiger partial charge in [0.1, 0.15) is 5.82 Å². The third kappa shape index (κ3) is 3.91. The molecule has 2 heterocycles. The molecule has 4 rings (SSSR count). The van der Waals surface area contributed by atoms with Crippen LogP contribution in [0, 0.1) is 0 Å². The molecule has 6 heteroatoms. The fourth-order valence-electron chi connectivity index (χ4n) is 3.07.